The largest absolute Gasteiger partial charge is 0.453 e. The summed E-state index contributed by atoms with van der Waals surface area (Å²) in [6.45, 7) is 0. The van der Waals surface area contributed by atoms with Crippen LogP contribution in [-0.4, -0.2) is 32.3 Å². The molecule has 1 fully saturated rings. The van der Waals surface area contributed by atoms with Gasteiger partial charge in [0.15, 0.2) is 0 Å². The molecular weight excluding hydrogens is 489 g/mol. The lowest BCUT2D eigenvalue weighted by atomic mass is 10.1. The first-order valence-electron chi connectivity index (χ1n) is 12.1. The van der Waals surface area contributed by atoms with Crippen molar-refractivity contribution in [3.05, 3.63) is 70.5 Å². The fourth-order valence-electron chi connectivity index (χ4n) is 4.56. The van der Waals surface area contributed by atoms with E-state index in [1.165, 1.54) is 13.2 Å². The van der Waals surface area contributed by atoms with Gasteiger partial charge in [-0.3, -0.25) is 9.13 Å². The zero-order chi connectivity index (χ0) is 27.2. The molecule has 0 atom stereocenters. The molecule has 196 valence electrons. The monoisotopic (exact) mass is 517 g/mol. The Balaban J connectivity index is 0.000000617. The fraction of sp³-hybridized carbons (Fsp3) is 0.296. The number of nitrogens with zero attached hydrogens (tertiary/aromatic N) is 5. The Kier molecular flexibility index (Phi) is 8.01. The number of halogens is 1. The van der Waals surface area contributed by atoms with E-state index in [0.717, 1.165) is 42.3 Å². The summed E-state index contributed by atoms with van der Waals surface area (Å²) < 4.78 is 21.9. The van der Waals surface area contributed by atoms with Gasteiger partial charge in [0.2, 0.25) is 0 Å². The molecule has 0 bridgehead atoms. The molecule has 3 N–H and O–H groups in total. The van der Waals surface area contributed by atoms with E-state index in [-0.39, 0.29) is 17.4 Å². The average molecular weight is 518 g/mol. The van der Waals surface area contributed by atoms with Crippen LogP contribution in [0.4, 0.5) is 20.8 Å². The number of rotatable bonds is 5. The Bertz CT molecular complexity index is 1550. The number of nitriles is 1. The molecule has 38 heavy (non-hydrogen) atoms. The van der Waals surface area contributed by atoms with E-state index >= 15 is 0 Å². The smallest absolute Gasteiger partial charge is 0.404 e. The molecule has 0 unspecified atom stereocenters. The molecular formula is C27H28FN7O3. The van der Waals surface area contributed by atoms with Gasteiger partial charge in [0.05, 0.1) is 36.8 Å². The summed E-state index contributed by atoms with van der Waals surface area (Å²) in [5.74, 6) is 0.550. The average Bonchev–Trinajstić information content (AvgIpc) is 3.53. The predicted octanol–water partition coefficient (Wildman–Crippen LogP) is 4.57. The Hall–Kier alpha value is -4.72. The van der Waals surface area contributed by atoms with E-state index in [1.807, 2.05) is 10.6 Å². The second-order valence-electron chi connectivity index (χ2n) is 8.92. The molecule has 0 radical (unpaired) electrons. The minimum absolute atomic E-state index is 0.0297. The number of benzene rings is 1. The van der Waals surface area contributed by atoms with Gasteiger partial charge in [-0.2, -0.15) is 5.26 Å². The molecule has 1 saturated carbocycles. The van der Waals surface area contributed by atoms with Gasteiger partial charge in [0.25, 0.3) is 0 Å². The summed E-state index contributed by atoms with van der Waals surface area (Å²) >= 11 is 0. The molecule has 3 heterocycles. The molecule has 0 aliphatic heterocycles. The maximum atomic E-state index is 14.5. The fourth-order valence-corrected chi connectivity index (χ4v) is 4.56. The van der Waals surface area contributed by atoms with Gasteiger partial charge in [0, 0.05) is 24.7 Å². The van der Waals surface area contributed by atoms with Gasteiger partial charge in [-0.1, -0.05) is 37.1 Å². The number of fused-ring (bicyclic) bond motifs is 1. The van der Waals surface area contributed by atoms with Crippen LogP contribution in [0, 0.1) is 17.1 Å². The number of pyridine rings is 2. The lowest BCUT2D eigenvalue weighted by Gasteiger charge is -2.12. The minimum Gasteiger partial charge on any atom is -0.453 e. The van der Waals surface area contributed by atoms with Crippen LogP contribution in [-0.2, 0) is 18.2 Å². The highest BCUT2D eigenvalue weighted by Crippen LogP contribution is 2.32. The summed E-state index contributed by atoms with van der Waals surface area (Å²) in [5, 5.41) is 12.0. The molecule has 10 nitrogen and oxygen atoms in total. The zero-order valence-electron chi connectivity index (χ0n) is 21.1. The molecule has 1 aliphatic carbocycles. The van der Waals surface area contributed by atoms with Crippen LogP contribution < -0.4 is 16.7 Å². The van der Waals surface area contributed by atoms with Crippen LogP contribution in [0.5, 0.6) is 0 Å². The summed E-state index contributed by atoms with van der Waals surface area (Å²) in [6.07, 6.45) is 5.50. The number of hydrogen-bond donors (Lipinski definition) is 2. The van der Waals surface area contributed by atoms with Crippen molar-refractivity contribution < 1.29 is 13.9 Å². The van der Waals surface area contributed by atoms with Crippen LogP contribution in [0.2, 0.25) is 0 Å². The molecule has 0 spiro atoms. The number of primary amides is 1. The van der Waals surface area contributed by atoms with Crippen LogP contribution in [0.1, 0.15) is 37.3 Å². The van der Waals surface area contributed by atoms with Gasteiger partial charge < -0.3 is 15.8 Å². The van der Waals surface area contributed by atoms with Crippen molar-refractivity contribution in [3.8, 4) is 17.3 Å². The Morgan fingerprint density at radius 1 is 1.18 bits per heavy atom. The van der Waals surface area contributed by atoms with Gasteiger partial charge in [-0.05, 0) is 30.5 Å². The number of aromatic nitrogens is 4. The van der Waals surface area contributed by atoms with E-state index in [1.54, 1.807) is 48.1 Å². The number of nitrogens with one attached hydrogen (secondary N) is 1. The third kappa shape index (κ3) is 5.64. The number of carbonyl (C=O) groups excluding carboxylic acids is 1. The summed E-state index contributed by atoms with van der Waals surface area (Å²) in [4.78, 5) is 31.1. The third-order valence-electron chi connectivity index (χ3n) is 6.48. The number of methoxy groups -OCH3 is 1. The molecule has 1 amide bonds. The number of hydrogen-bond acceptors (Lipinski definition) is 7. The van der Waals surface area contributed by atoms with Crippen molar-refractivity contribution in [2.45, 2.75) is 38.1 Å². The standard InChI is InChI=1S/C25H23FN6O.C2H5NO2/c1-31-21-15-28-23(14-20(21)32(25(31)33)18-4-2-3-5-18)29-22-11-10-19(26)24(30-22)17-8-6-16(7-9-17)12-13-27;1-5-2(3)4/h6-11,14-15,18H,2-5,12H2,1H3,(H,28,29,30);1H3,(H2,3,4). The molecule has 5 rings (SSSR count). The van der Waals surface area contributed by atoms with Crippen LogP contribution in [0.3, 0.4) is 0 Å². The highest BCUT2D eigenvalue weighted by molar-refractivity contribution is 5.79. The van der Waals surface area contributed by atoms with Crippen molar-refractivity contribution in [2.75, 3.05) is 12.4 Å². The number of amides is 1. The van der Waals surface area contributed by atoms with E-state index in [2.05, 4.69) is 31.8 Å². The van der Waals surface area contributed by atoms with Gasteiger partial charge in [-0.15, -0.1) is 0 Å². The number of nitrogens with two attached hydrogens (primary N) is 1. The number of ether oxygens (including phenoxy) is 1. The van der Waals surface area contributed by atoms with Gasteiger partial charge >= 0.3 is 11.8 Å². The predicted molar refractivity (Wildman–Crippen MR) is 141 cm³/mol. The second kappa shape index (κ2) is 11.6. The van der Waals surface area contributed by atoms with Crippen molar-refractivity contribution in [1.82, 2.24) is 19.1 Å². The number of carbonyl (C=O) groups is 1. The molecule has 1 aromatic carbocycles. The van der Waals surface area contributed by atoms with Crippen molar-refractivity contribution in [3.63, 3.8) is 0 Å². The van der Waals surface area contributed by atoms with E-state index < -0.39 is 11.9 Å². The van der Waals surface area contributed by atoms with E-state index in [9.17, 15) is 14.0 Å². The highest BCUT2D eigenvalue weighted by Gasteiger charge is 2.23. The van der Waals surface area contributed by atoms with Gasteiger partial charge in [0.1, 0.15) is 23.1 Å². The summed E-state index contributed by atoms with van der Waals surface area (Å²) in [5.41, 5.74) is 7.72. The maximum absolute atomic E-state index is 14.5. The maximum Gasteiger partial charge on any atom is 0.404 e. The molecule has 1 aliphatic rings. The quantitative estimate of drug-likeness (QED) is 0.395. The number of imidazole rings is 1. The van der Waals surface area contributed by atoms with Crippen LogP contribution >= 0.6 is 0 Å². The lowest BCUT2D eigenvalue weighted by molar-refractivity contribution is 0.182. The molecule has 11 heteroatoms. The normalized spacial score (nSPS) is 13.0. The van der Waals surface area contributed by atoms with Crippen molar-refractivity contribution in [2.24, 2.45) is 12.8 Å². The summed E-state index contributed by atoms with van der Waals surface area (Å²) in [6, 6.07) is 14.2. The van der Waals surface area contributed by atoms with Crippen LogP contribution in [0.25, 0.3) is 22.3 Å². The highest BCUT2D eigenvalue weighted by atomic mass is 19.1. The number of anilines is 2. The van der Waals surface area contributed by atoms with Gasteiger partial charge in [-0.25, -0.2) is 23.9 Å². The van der Waals surface area contributed by atoms with E-state index in [4.69, 9.17) is 5.26 Å². The Morgan fingerprint density at radius 3 is 2.50 bits per heavy atom. The molecule has 3 aromatic heterocycles. The van der Waals surface area contributed by atoms with Crippen molar-refractivity contribution >= 4 is 28.8 Å². The molecule has 4 aromatic rings. The molecule has 0 saturated heterocycles. The first-order valence-corrected chi connectivity index (χ1v) is 12.1. The minimum atomic E-state index is -0.745. The SMILES string of the molecule is COC(N)=O.Cn1c(=O)n(C2CCCC2)c2cc(Nc3ccc(F)c(-c4ccc(CC#N)cc4)n3)ncc21. The topological polar surface area (TPSA) is 141 Å². The Morgan fingerprint density at radius 2 is 1.87 bits per heavy atom. The third-order valence-corrected chi connectivity index (χ3v) is 6.48. The first-order chi connectivity index (χ1) is 18.3. The second-order valence-corrected chi connectivity index (χ2v) is 8.92. The lowest BCUT2D eigenvalue weighted by Crippen LogP contribution is -2.24. The van der Waals surface area contributed by atoms with E-state index in [0.29, 0.717) is 23.6 Å². The zero-order valence-corrected chi connectivity index (χ0v) is 21.1. The number of aryl methyl sites for hydroxylation is 1. The van der Waals surface area contributed by atoms with Crippen LogP contribution in [0.15, 0.2) is 53.5 Å². The van der Waals surface area contributed by atoms with Crippen molar-refractivity contribution in [1.29, 1.82) is 5.26 Å². The first kappa shape index (κ1) is 26.3. The Labute approximate surface area is 218 Å². The summed E-state index contributed by atoms with van der Waals surface area (Å²) in [7, 11) is 2.99.